The summed E-state index contributed by atoms with van der Waals surface area (Å²) in [6.07, 6.45) is -3.55. The first kappa shape index (κ1) is 20.5. The van der Waals surface area contributed by atoms with Gasteiger partial charge in [-0.2, -0.15) is 5.06 Å². The normalized spacial score (nSPS) is 16.5. The van der Waals surface area contributed by atoms with Crippen molar-refractivity contribution in [1.29, 1.82) is 0 Å². The fourth-order valence-electron chi connectivity index (χ4n) is 2.57. The molecular weight excluding hydrogens is 363 g/mol. The van der Waals surface area contributed by atoms with Crippen molar-refractivity contribution in [2.24, 2.45) is 4.99 Å². The van der Waals surface area contributed by atoms with Crippen molar-refractivity contribution >= 4 is 11.7 Å². The van der Waals surface area contributed by atoms with E-state index in [1.165, 1.54) is 24.3 Å². The molecule has 1 aliphatic rings. The minimum Gasteiger partial charge on any atom is -0.406 e. The Bertz CT molecular complexity index is 810. The van der Waals surface area contributed by atoms with Crippen molar-refractivity contribution in [2.45, 2.75) is 33.7 Å². The molecule has 0 radical (unpaired) electrons. The van der Waals surface area contributed by atoms with Crippen LogP contribution in [0.25, 0.3) is 0 Å². The van der Waals surface area contributed by atoms with Gasteiger partial charge in [-0.15, -0.1) is 13.2 Å². The van der Waals surface area contributed by atoms with Gasteiger partial charge in [-0.25, -0.2) is 0 Å². The molecule has 0 unspecified atom stereocenters. The minimum absolute atomic E-state index is 0.127. The molecule has 1 aromatic rings. The van der Waals surface area contributed by atoms with Gasteiger partial charge < -0.3 is 10.1 Å². The van der Waals surface area contributed by atoms with Crippen LogP contribution in [0, 0.1) is 0 Å². The number of aliphatic imine (C=N–C) groups is 1. The van der Waals surface area contributed by atoms with Gasteiger partial charge in [0, 0.05) is 24.7 Å². The van der Waals surface area contributed by atoms with E-state index in [0.29, 0.717) is 28.4 Å². The quantitative estimate of drug-likeness (QED) is 0.763. The number of hydrogen-bond acceptors (Lipinski definition) is 5. The van der Waals surface area contributed by atoms with E-state index in [1.54, 1.807) is 26.8 Å². The molecule has 0 aromatic heterocycles. The number of nitrogens with zero attached hydrogens (tertiary/aromatic N) is 2. The number of carbonyl (C=O) groups excluding carboxylic acids is 1. The van der Waals surface area contributed by atoms with Gasteiger partial charge in [0.05, 0.1) is 5.70 Å². The Kier molecular flexibility index (Phi) is 6.27. The lowest BCUT2D eigenvalue weighted by molar-refractivity contribution is -0.274. The summed E-state index contributed by atoms with van der Waals surface area (Å²) in [5, 5.41) is 13.5. The predicted octanol–water partition coefficient (Wildman–Crippen LogP) is 3.54. The second-order valence-electron chi connectivity index (χ2n) is 5.93. The average Bonchev–Trinajstić information content (AvgIpc) is 2.56. The zero-order valence-corrected chi connectivity index (χ0v) is 15.1. The smallest absolute Gasteiger partial charge is 0.406 e. The number of alkyl halides is 3. The monoisotopic (exact) mass is 383 g/mol. The van der Waals surface area contributed by atoms with Gasteiger partial charge in [-0.3, -0.25) is 15.0 Å². The summed E-state index contributed by atoms with van der Waals surface area (Å²) >= 11 is 0. The third kappa shape index (κ3) is 5.33. The van der Waals surface area contributed by atoms with E-state index in [2.05, 4.69) is 15.0 Å². The van der Waals surface area contributed by atoms with Crippen LogP contribution in [-0.2, 0) is 11.3 Å². The molecule has 1 aliphatic heterocycles. The van der Waals surface area contributed by atoms with Gasteiger partial charge in [0.15, 0.2) is 5.84 Å². The molecule has 0 aliphatic carbocycles. The summed E-state index contributed by atoms with van der Waals surface area (Å²) in [6, 6.07) is 5.54. The van der Waals surface area contributed by atoms with Crippen LogP contribution in [-0.4, -0.2) is 34.9 Å². The van der Waals surface area contributed by atoms with Crippen molar-refractivity contribution in [3.05, 3.63) is 52.7 Å². The summed E-state index contributed by atoms with van der Waals surface area (Å²) in [6.45, 7) is 5.89. The maximum Gasteiger partial charge on any atom is 0.573 e. The Balaban J connectivity index is 2.25. The van der Waals surface area contributed by atoms with Gasteiger partial charge in [0.2, 0.25) is 0 Å². The summed E-state index contributed by atoms with van der Waals surface area (Å²) in [5.74, 6) is -0.863. The highest BCUT2D eigenvalue weighted by atomic mass is 19.4. The highest BCUT2D eigenvalue weighted by Gasteiger charge is 2.31. The van der Waals surface area contributed by atoms with Gasteiger partial charge in [-0.05, 0) is 38.5 Å². The Morgan fingerprint density at radius 2 is 2.04 bits per heavy atom. The van der Waals surface area contributed by atoms with Gasteiger partial charge in [0.1, 0.15) is 5.75 Å². The van der Waals surface area contributed by atoms with Gasteiger partial charge >= 0.3 is 6.36 Å². The molecule has 0 saturated heterocycles. The Morgan fingerprint density at radius 1 is 1.33 bits per heavy atom. The maximum atomic E-state index is 12.4. The van der Waals surface area contributed by atoms with E-state index in [9.17, 15) is 23.2 Å². The van der Waals surface area contributed by atoms with Crippen molar-refractivity contribution < 1.29 is 27.9 Å². The zero-order valence-electron chi connectivity index (χ0n) is 15.1. The van der Waals surface area contributed by atoms with Crippen LogP contribution in [0.1, 0.15) is 26.3 Å². The lowest BCUT2D eigenvalue weighted by atomic mass is 10.0. The molecule has 0 bridgehead atoms. The average molecular weight is 383 g/mol. The third-order valence-electron chi connectivity index (χ3n) is 3.59. The van der Waals surface area contributed by atoms with Crippen LogP contribution >= 0.6 is 0 Å². The number of rotatable bonds is 5. The first-order valence-corrected chi connectivity index (χ1v) is 8.18. The lowest BCUT2D eigenvalue weighted by Gasteiger charge is -2.27. The number of allylic oxidation sites excluding steroid dienone is 1. The topological polar surface area (TPSA) is 74.2 Å². The maximum absolute atomic E-state index is 12.4. The first-order chi connectivity index (χ1) is 12.6. The van der Waals surface area contributed by atoms with Crippen LogP contribution < -0.4 is 10.1 Å². The zero-order chi connectivity index (χ0) is 20.2. The number of nitrogens with one attached hydrogen (secondary N) is 1. The number of hydroxylamine groups is 2. The third-order valence-corrected chi connectivity index (χ3v) is 3.59. The molecule has 2 rings (SSSR count). The van der Waals surface area contributed by atoms with E-state index in [0.717, 1.165) is 5.57 Å². The first-order valence-electron chi connectivity index (χ1n) is 8.18. The fraction of sp³-hybridized carbons (Fsp3) is 0.333. The summed E-state index contributed by atoms with van der Waals surface area (Å²) in [7, 11) is 0. The van der Waals surface area contributed by atoms with Crippen LogP contribution in [0.2, 0.25) is 0 Å². The highest BCUT2D eigenvalue weighted by molar-refractivity contribution is 6.15. The highest BCUT2D eigenvalue weighted by Crippen LogP contribution is 2.25. The van der Waals surface area contributed by atoms with E-state index in [-0.39, 0.29) is 18.1 Å². The van der Waals surface area contributed by atoms with Crippen LogP contribution in [0.3, 0.4) is 0 Å². The Hall–Kier alpha value is -2.81. The number of ether oxygens (including phenoxy) is 1. The number of benzene rings is 1. The predicted molar refractivity (Wildman–Crippen MR) is 93.0 cm³/mol. The summed E-state index contributed by atoms with van der Waals surface area (Å²) in [4.78, 5) is 16.2. The molecule has 0 fully saturated rings. The minimum atomic E-state index is -4.77. The van der Waals surface area contributed by atoms with Crippen LogP contribution in [0.4, 0.5) is 13.2 Å². The molecule has 27 heavy (non-hydrogen) atoms. The van der Waals surface area contributed by atoms with Crippen molar-refractivity contribution in [3.63, 3.8) is 0 Å². The van der Waals surface area contributed by atoms with E-state index >= 15 is 0 Å². The molecule has 6 nitrogen and oxygen atoms in total. The molecule has 2 N–H and O–H groups in total. The number of halogens is 3. The largest absolute Gasteiger partial charge is 0.573 e. The molecule has 9 heteroatoms. The number of amides is 1. The van der Waals surface area contributed by atoms with Crippen molar-refractivity contribution in [2.75, 3.05) is 6.54 Å². The molecule has 1 aromatic carbocycles. The second-order valence-corrected chi connectivity index (χ2v) is 5.93. The molecule has 1 amide bonds. The molecular formula is C18H20F3N3O3. The van der Waals surface area contributed by atoms with Gasteiger partial charge in [-0.1, -0.05) is 17.7 Å². The molecule has 0 saturated carbocycles. The summed E-state index contributed by atoms with van der Waals surface area (Å²) < 4.78 is 41.0. The molecule has 146 valence electrons. The second kappa shape index (κ2) is 8.26. The van der Waals surface area contributed by atoms with E-state index < -0.39 is 12.3 Å². The number of amidine groups is 1. The lowest BCUT2D eigenvalue weighted by Crippen LogP contribution is -2.41. The summed E-state index contributed by atoms with van der Waals surface area (Å²) in [5.41, 5.74) is 2.32. The standard InChI is InChI=1S/C18H20F3N3O3/c1-4-22-17-16(11(2)3)14(9-15(25)24(17)26)23-10-12-6-5-7-13(8-12)27-18(19,20)21/h5-9,23,26H,4,10H2,1-3H3. The number of carbonyl (C=O) groups is 1. The fourth-order valence-corrected chi connectivity index (χ4v) is 2.57. The van der Waals surface area contributed by atoms with Crippen LogP contribution in [0.5, 0.6) is 5.75 Å². The van der Waals surface area contributed by atoms with Crippen molar-refractivity contribution in [3.8, 4) is 5.75 Å². The molecule has 0 spiro atoms. The SMILES string of the molecule is CCN=C1C(=C(C)C)C(NCc2cccc(OC(F)(F)F)c2)=CC(=O)N1O. The number of hydrogen-bond donors (Lipinski definition) is 2. The van der Waals surface area contributed by atoms with Crippen LogP contribution in [0.15, 0.2) is 52.2 Å². The van der Waals surface area contributed by atoms with E-state index in [1.807, 2.05) is 0 Å². The Morgan fingerprint density at radius 3 is 2.63 bits per heavy atom. The van der Waals surface area contributed by atoms with Crippen molar-refractivity contribution in [1.82, 2.24) is 10.4 Å². The molecule has 0 atom stereocenters. The Labute approximate surface area is 154 Å². The van der Waals surface area contributed by atoms with Gasteiger partial charge in [0.25, 0.3) is 5.91 Å². The van der Waals surface area contributed by atoms with E-state index in [4.69, 9.17) is 0 Å². The molecule has 1 heterocycles.